The number of hydrogen-bond donors (Lipinski definition) is 4. The van der Waals surface area contributed by atoms with Crippen LogP contribution in [0.5, 0.6) is 0 Å². The normalized spacial score (nSPS) is 11.5. The van der Waals surface area contributed by atoms with Gasteiger partial charge in [-0.25, -0.2) is 4.79 Å². The zero-order valence-electron chi connectivity index (χ0n) is 14.9. The number of benzene rings is 2. The van der Waals surface area contributed by atoms with Gasteiger partial charge >= 0.3 is 5.97 Å². The summed E-state index contributed by atoms with van der Waals surface area (Å²) in [5, 5.41) is 36.7. The molecular weight excluding hydrogens is 348 g/mol. The maximum atomic E-state index is 11.8. The fourth-order valence-corrected chi connectivity index (χ4v) is 2.66. The van der Waals surface area contributed by atoms with Gasteiger partial charge in [0.2, 0.25) is 0 Å². The Morgan fingerprint density at radius 2 is 1.59 bits per heavy atom. The molecule has 144 valence electrons. The number of rotatable bonds is 9. The zero-order valence-corrected chi connectivity index (χ0v) is 14.9. The van der Waals surface area contributed by atoms with Crippen molar-refractivity contribution in [1.82, 2.24) is 0 Å². The Morgan fingerprint density at radius 3 is 2.26 bits per heavy atom. The maximum absolute atomic E-state index is 11.8. The van der Waals surface area contributed by atoms with Crippen LogP contribution in [0.25, 0.3) is 6.08 Å². The first-order valence-electron chi connectivity index (χ1n) is 8.67. The zero-order chi connectivity index (χ0) is 19.6. The Kier molecular flexibility index (Phi) is 8.16. The third-order valence-corrected chi connectivity index (χ3v) is 3.93. The highest BCUT2D eigenvalue weighted by Crippen LogP contribution is 2.17. The smallest absolute Gasteiger partial charge is 0.330 e. The van der Waals surface area contributed by atoms with Crippen molar-refractivity contribution >= 4 is 12.0 Å². The SMILES string of the molecule is O=C(/C=C/c1ccc(CC(O)O)c(CC(O)O)c1)OCCc1ccccc1. The molecule has 4 N–H and O–H groups in total. The first-order chi connectivity index (χ1) is 12.9. The topological polar surface area (TPSA) is 107 Å². The number of carbonyl (C=O) groups excluding carboxylic acids is 1. The second-order valence-corrected chi connectivity index (χ2v) is 6.13. The molecule has 0 saturated carbocycles. The lowest BCUT2D eigenvalue weighted by molar-refractivity contribution is -0.137. The fraction of sp³-hybridized carbons (Fsp3) is 0.286. The Labute approximate surface area is 158 Å². The highest BCUT2D eigenvalue weighted by molar-refractivity contribution is 5.87. The van der Waals surface area contributed by atoms with Crippen molar-refractivity contribution in [3.05, 3.63) is 76.9 Å². The fourth-order valence-electron chi connectivity index (χ4n) is 2.66. The number of aliphatic hydroxyl groups excluding tert-OH is 2. The van der Waals surface area contributed by atoms with Crippen LogP contribution in [0.3, 0.4) is 0 Å². The summed E-state index contributed by atoms with van der Waals surface area (Å²) in [4.78, 5) is 11.8. The van der Waals surface area contributed by atoms with E-state index in [0.29, 0.717) is 23.1 Å². The van der Waals surface area contributed by atoms with E-state index in [1.54, 1.807) is 24.3 Å². The van der Waals surface area contributed by atoms with Gasteiger partial charge in [-0.2, -0.15) is 0 Å². The Morgan fingerprint density at radius 1 is 0.926 bits per heavy atom. The first kappa shape index (κ1) is 20.8. The van der Waals surface area contributed by atoms with Crippen LogP contribution < -0.4 is 0 Å². The quantitative estimate of drug-likeness (QED) is 0.299. The molecule has 0 saturated heterocycles. The minimum atomic E-state index is -1.55. The van der Waals surface area contributed by atoms with Crippen molar-refractivity contribution in [2.24, 2.45) is 0 Å². The van der Waals surface area contributed by atoms with Crippen LogP contribution in [0.4, 0.5) is 0 Å². The highest BCUT2D eigenvalue weighted by atomic mass is 16.5. The molecule has 0 spiro atoms. The van der Waals surface area contributed by atoms with Crippen LogP contribution in [0.2, 0.25) is 0 Å². The average molecular weight is 372 g/mol. The van der Waals surface area contributed by atoms with Crippen LogP contribution in [0.15, 0.2) is 54.6 Å². The lowest BCUT2D eigenvalue weighted by Crippen LogP contribution is -2.14. The molecule has 2 rings (SSSR count). The summed E-state index contributed by atoms with van der Waals surface area (Å²) in [5.41, 5.74) is 2.92. The van der Waals surface area contributed by atoms with Gasteiger partial charge in [0.25, 0.3) is 0 Å². The van der Waals surface area contributed by atoms with Gasteiger partial charge in [0.1, 0.15) is 0 Å². The molecule has 0 radical (unpaired) electrons. The molecule has 0 aliphatic carbocycles. The molecule has 27 heavy (non-hydrogen) atoms. The molecule has 6 nitrogen and oxygen atoms in total. The third-order valence-electron chi connectivity index (χ3n) is 3.93. The van der Waals surface area contributed by atoms with Gasteiger partial charge in [-0.15, -0.1) is 0 Å². The minimum absolute atomic E-state index is 0.0203. The van der Waals surface area contributed by atoms with Gasteiger partial charge in [-0.05, 0) is 28.3 Å². The van der Waals surface area contributed by atoms with Gasteiger partial charge in [-0.1, -0.05) is 48.5 Å². The number of esters is 1. The summed E-state index contributed by atoms with van der Waals surface area (Å²) in [5.74, 6) is -0.468. The van der Waals surface area contributed by atoms with Gasteiger partial charge in [0.05, 0.1) is 6.61 Å². The maximum Gasteiger partial charge on any atom is 0.330 e. The predicted molar refractivity (Wildman–Crippen MR) is 100 cm³/mol. The van der Waals surface area contributed by atoms with Crippen LogP contribution in [-0.4, -0.2) is 45.6 Å². The summed E-state index contributed by atoms with van der Waals surface area (Å²) in [6.45, 7) is 0.280. The van der Waals surface area contributed by atoms with E-state index >= 15 is 0 Å². The Hall–Kier alpha value is -2.51. The molecule has 0 amide bonds. The van der Waals surface area contributed by atoms with Crippen molar-refractivity contribution in [2.75, 3.05) is 6.61 Å². The highest BCUT2D eigenvalue weighted by Gasteiger charge is 2.10. The number of aliphatic hydroxyl groups is 4. The van der Waals surface area contributed by atoms with E-state index in [2.05, 4.69) is 0 Å². The molecular formula is C21H24O6. The lowest BCUT2D eigenvalue weighted by Gasteiger charge is -2.13. The van der Waals surface area contributed by atoms with Crippen molar-refractivity contribution in [1.29, 1.82) is 0 Å². The monoisotopic (exact) mass is 372 g/mol. The van der Waals surface area contributed by atoms with Crippen molar-refractivity contribution in [2.45, 2.75) is 31.8 Å². The molecule has 0 aliphatic rings. The summed E-state index contributed by atoms with van der Waals surface area (Å²) >= 11 is 0. The van der Waals surface area contributed by atoms with Gasteiger partial charge in [0.15, 0.2) is 12.6 Å². The summed E-state index contributed by atoms with van der Waals surface area (Å²) < 4.78 is 5.17. The van der Waals surface area contributed by atoms with Gasteiger partial charge in [-0.3, -0.25) is 0 Å². The van der Waals surface area contributed by atoms with Gasteiger partial charge in [0, 0.05) is 25.3 Å². The molecule has 0 unspecified atom stereocenters. The molecule has 0 heterocycles. The second kappa shape index (κ2) is 10.6. The third kappa shape index (κ3) is 7.72. The van der Waals surface area contributed by atoms with Gasteiger partial charge < -0.3 is 25.2 Å². The minimum Gasteiger partial charge on any atom is -0.462 e. The van der Waals surface area contributed by atoms with Crippen molar-refractivity contribution < 1.29 is 30.0 Å². The average Bonchev–Trinajstić information content (AvgIpc) is 2.62. The lowest BCUT2D eigenvalue weighted by atomic mass is 9.98. The van der Waals surface area contributed by atoms with E-state index in [4.69, 9.17) is 14.9 Å². The van der Waals surface area contributed by atoms with E-state index < -0.39 is 18.5 Å². The van der Waals surface area contributed by atoms with Crippen LogP contribution >= 0.6 is 0 Å². The molecule has 6 heteroatoms. The summed E-state index contributed by atoms with van der Waals surface area (Å²) in [7, 11) is 0. The van der Waals surface area contributed by atoms with Crippen LogP contribution in [0, 0.1) is 0 Å². The van der Waals surface area contributed by atoms with Crippen LogP contribution in [0.1, 0.15) is 22.3 Å². The number of carbonyl (C=O) groups is 1. The van der Waals surface area contributed by atoms with E-state index in [1.165, 1.54) is 6.08 Å². The largest absolute Gasteiger partial charge is 0.462 e. The van der Waals surface area contributed by atoms with Crippen molar-refractivity contribution in [3.63, 3.8) is 0 Å². The van der Waals surface area contributed by atoms with E-state index in [0.717, 1.165) is 5.56 Å². The second-order valence-electron chi connectivity index (χ2n) is 6.13. The Balaban J connectivity index is 1.95. The predicted octanol–water partition coefficient (Wildman–Crippen LogP) is 1.19. The van der Waals surface area contributed by atoms with Crippen LogP contribution in [-0.2, 0) is 28.8 Å². The molecule has 2 aromatic rings. The van der Waals surface area contributed by atoms with Crippen molar-refractivity contribution in [3.8, 4) is 0 Å². The summed E-state index contributed by atoms with van der Waals surface area (Å²) in [6, 6.07) is 14.8. The van der Waals surface area contributed by atoms with E-state index in [9.17, 15) is 15.0 Å². The van der Waals surface area contributed by atoms with E-state index in [1.807, 2.05) is 30.3 Å². The molecule has 2 aromatic carbocycles. The number of ether oxygens (including phenoxy) is 1. The molecule has 0 aliphatic heterocycles. The number of hydrogen-bond acceptors (Lipinski definition) is 6. The standard InChI is InChI=1S/C21H24O6/c22-19(23)13-17-8-6-16(12-18(17)14-20(24)25)7-9-21(26)27-11-10-15-4-2-1-3-5-15/h1-9,12,19-20,22-25H,10-11,13-14H2/b9-7+. The summed E-state index contributed by atoms with van der Waals surface area (Å²) in [6.07, 6.45) is 0.357. The molecule has 0 atom stereocenters. The Bertz CT molecular complexity index is 753. The molecule has 0 aromatic heterocycles. The first-order valence-corrected chi connectivity index (χ1v) is 8.67. The molecule has 0 fully saturated rings. The molecule has 0 bridgehead atoms. The van der Waals surface area contributed by atoms with E-state index in [-0.39, 0.29) is 19.4 Å².